The highest BCUT2D eigenvalue weighted by Gasteiger charge is 2.17. The molecule has 2 rings (SSSR count). The van der Waals surface area contributed by atoms with Crippen LogP contribution in [0.1, 0.15) is 16.2 Å². The van der Waals surface area contributed by atoms with Gasteiger partial charge in [-0.1, -0.05) is 11.6 Å². The van der Waals surface area contributed by atoms with Crippen molar-refractivity contribution in [3.8, 4) is 0 Å². The van der Waals surface area contributed by atoms with Gasteiger partial charge in [-0.25, -0.2) is 9.78 Å². The molecule has 0 aliphatic heterocycles. The maximum Gasteiger partial charge on any atom is 0.354 e. The Labute approximate surface area is 104 Å². The van der Waals surface area contributed by atoms with Gasteiger partial charge >= 0.3 is 5.97 Å². The Morgan fingerprint density at radius 2 is 2.33 bits per heavy atom. The minimum Gasteiger partial charge on any atom is -0.477 e. The van der Waals surface area contributed by atoms with Crippen LogP contribution in [0.2, 0.25) is 5.02 Å². The van der Waals surface area contributed by atoms with E-state index in [1.165, 1.54) is 4.40 Å². The third kappa shape index (κ3) is 1.69. The zero-order valence-corrected chi connectivity index (χ0v) is 10.6. The molecule has 0 unspecified atom stereocenters. The Morgan fingerprint density at radius 3 is 2.93 bits per heavy atom. The van der Waals surface area contributed by atoms with E-state index in [1.807, 2.05) is 0 Å². The van der Waals surface area contributed by atoms with Crippen LogP contribution < -0.4 is 0 Å². The molecule has 6 heteroatoms. The van der Waals surface area contributed by atoms with Crippen LogP contribution in [-0.4, -0.2) is 20.5 Å². The van der Waals surface area contributed by atoms with Gasteiger partial charge in [-0.2, -0.15) is 0 Å². The summed E-state index contributed by atoms with van der Waals surface area (Å²) in [6.07, 6.45) is 1.56. The Bertz CT molecular complexity index is 565. The van der Waals surface area contributed by atoms with Crippen molar-refractivity contribution in [2.75, 3.05) is 0 Å². The Kier molecular flexibility index (Phi) is 2.59. The third-order valence-corrected chi connectivity index (χ3v) is 3.02. The molecule has 0 bridgehead atoms. The smallest absolute Gasteiger partial charge is 0.354 e. The van der Waals surface area contributed by atoms with Crippen molar-refractivity contribution in [3.63, 3.8) is 0 Å². The number of aryl methyl sites for hydroxylation is 1. The lowest BCUT2D eigenvalue weighted by Crippen LogP contribution is -2.03. The van der Waals surface area contributed by atoms with E-state index in [4.69, 9.17) is 16.7 Å². The number of halogens is 2. The summed E-state index contributed by atoms with van der Waals surface area (Å²) < 4.78 is 2.33. The van der Waals surface area contributed by atoms with E-state index in [0.717, 1.165) is 3.57 Å². The second kappa shape index (κ2) is 3.64. The maximum atomic E-state index is 11.0. The molecule has 0 spiro atoms. The first-order valence-corrected chi connectivity index (χ1v) is 5.53. The summed E-state index contributed by atoms with van der Waals surface area (Å²) >= 11 is 7.94. The van der Waals surface area contributed by atoms with Crippen LogP contribution >= 0.6 is 34.2 Å². The molecule has 15 heavy (non-hydrogen) atoms. The minimum absolute atomic E-state index is 0.158. The average Bonchev–Trinajstić information content (AvgIpc) is 2.41. The van der Waals surface area contributed by atoms with Crippen molar-refractivity contribution < 1.29 is 9.90 Å². The van der Waals surface area contributed by atoms with Crippen molar-refractivity contribution in [2.24, 2.45) is 0 Å². The first kappa shape index (κ1) is 10.7. The number of imidazole rings is 1. The number of carboxylic acids is 1. The molecule has 1 N–H and O–H groups in total. The maximum absolute atomic E-state index is 11.0. The molecule has 0 radical (unpaired) electrons. The van der Waals surface area contributed by atoms with Gasteiger partial charge in [-0.15, -0.1) is 0 Å². The van der Waals surface area contributed by atoms with E-state index in [1.54, 1.807) is 19.2 Å². The van der Waals surface area contributed by atoms with E-state index < -0.39 is 5.97 Å². The number of aromatic carboxylic acids is 1. The Hall–Kier alpha value is -0.820. The third-order valence-electron chi connectivity index (χ3n) is 2.02. The van der Waals surface area contributed by atoms with Gasteiger partial charge in [0.15, 0.2) is 11.3 Å². The van der Waals surface area contributed by atoms with Gasteiger partial charge in [0.05, 0.1) is 14.3 Å². The quantitative estimate of drug-likeness (QED) is 0.815. The van der Waals surface area contributed by atoms with Crippen LogP contribution in [0.5, 0.6) is 0 Å². The largest absolute Gasteiger partial charge is 0.477 e. The van der Waals surface area contributed by atoms with Gasteiger partial charge in [0.2, 0.25) is 0 Å². The Morgan fingerprint density at radius 1 is 1.67 bits per heavy atom. The molecule has 0 amide bonds. The molecular weight excluding hydrogens is 330 g/mol. The SMILES string of the molecule is Cc1nc2c(I)cc(Cl)cn2c1C(=O)O. The van der Waals surface area contributed by atoms with Gasteiger partial charge in [-0.05, 0) is 35.6 Å². The molecule has 0 aliphatic carbocycles. The van der Waals surface area contributed by atoms with E-state index >= 15 is 0 Å². The second-order valence-corrected chi connectivity index (χ2v) is 4.65. The topological polar surface area (TPSA) is 54.6 Å². The minimum atomic E-state index is -1.00. The number of rotatable bonds is 1. The number of fused-ring (bicyclic) bond motifs is 1. The highest BCUT2D eigenvalue weighted by molar-refractivity contribution is 14.1. The van der Waals surface area contributed by atoms with Gasteiger partial charge in [0, 0.05) is 6.20 Å². The van der Waals surface area contributed by atoms with Gasteiger partial charge in [-0.3, -0.25) is 4.40 Å². The van der Waals surface area contributed by atoms with Crippen LogP contribution in [0.3, 0.4) is 0 Å². The zero-order chi connectivity index (χ0) is 11.2. The molecule has 0 fully saturated rings. The fourth-order valence-corrected chi connectivity index (χ4v) is 2.55. The summed E-state index contributed by atoms with van der Waals surface area (Å²) in [7, 11) is 0. The number of carbonyl (C=O) groups is 1. The second-order valence-electron chi connectivity index (χ2n) is 3.05. The van der Waals surface area contributed by atoms with Crippen LogP contribution in [-0.2, 0) is 0 Å². The first-order chi connectivity index (χ1) is 7.00. The summed E-state index contributed by atoms with van der Waals surface area (Å²) in [6.45, 7) is 1.67. The van der Waals surface area contributed by atoms with Crippen LogP contribution in [0.25, 0.3) is 5.65 Å². The van der Waals surface area contributed by atoms with Gasteiger partial charge in [0.1, 0.15) is 0 Å². The predicted molar refractivity (Wildman–Crippen MR) is 64.6 cm³/mol. The van der Waals surface area contributed by atoms with Crippen LogP contribution in [0, 0.1) is 10.5 Å². The van der Waals surface area contributed by atoms with Crippen molar-refractivity contribution in [1.82, 2.24) is 9.38 Å². The lowest BCUT2D eigenvalue weighted by molar-refractivity contribution is 0.0688. The molecule has 0 aromatic carbocycles. The summed E-state index contributed by atoms with van der Waals surface area (Å²) in [5, 5.41) is 9.52. The zero-order valence-electron chi connectivity index (χ0n) is 7.66. The molecule has 2 aromatic rings. The Balaban J connectivity index is 2.93. The number of carboxylic acid groups (broad SMARTS) is 1. The van der Waals surface area contributed by atoms with Crippen LogP contribution in [0.4, 0.5) is 0 Å². The summed E-state index contributed by atoms with van der Waals surface area (Å²) in [4.78, 5) is 15.2. The van der Waals surface area contributed by atoms with Crippen LogP contribution in [0.15, 0.2) is 12.3 Å². The van der Waals surface area contributed by atoms with Gasteiger partial charge in [0.25, 0.3) is 0 Å². The molecule has 0 aliphatic rings. The molecule has 2 aromatic heterocycles. The first-order valence-electron chi connectivity index (χ1n) is 4.07. The number of hydrogen-bond acceptors (Lipinski definition) is 2. The number of nitrogens with zero attached hydrogens (tertiary/aromatic N) is 2. The number of hydrogen-bond donors (Lipinski definition) is 1. The van der Waals surface area contributed by atoms with E-state index in [2.05, 4.69) is 27.6 Å². The molecule has 0 saturated carbocycles. The average molecular weight is 337 g/mol. The normalized spacial score (nSPS) is 10.9. The lowest BCUT2D eigenvalue weighted by atomic mass is 10.3. The molecule has 0 saturated heterocycles. The van der Waals surface area contributed by atoms with Crippen molar-refractivity contribution in [3.05, 3.63) is 32.2 Å². The van der Waals surface area contributed by atoms with Crippen molar-refractivity contribution in [1.29, 1.82) is 0 Å². The molecule has 78 valence electrons. The van der Waals surface area contributed by atoms with Gasteiger partial charge < -0.3 is 5.11 Å². The predicted octanol–water partition coefficient (Wildman–Crippen LogP) is 2.60. The summed E-state index contributed by atoms with van der Waals surface area (Å²) in [6, 6.07) is 1.75. The fraction of sp³-hybridized carbons (Fsp3) is 0.111. The number of aromatic nitrogens is 2. The summed E-state index contributed by atoms with van der Waals surface area (Å²) in [5.41, 5.74) is 1.27. The molecule has 2 heterocycles. The molecule has 4 nitrogen and oxygen atoms in total. The van der Waals surface area contributed by atoms with E-state index in [0.29, 0.717) is 16.4 Å². The monoisotopic (exact) mass is 336 g/mol. The summed E-state index contributed by atoms with van der Waals surface area (Å²) in [5.74, 6) is -1.00. The lowest BCUT2D eigenvalue weighted by Gasteiger charge is -1.99. The van der Waals surface area contributed by atoms with Crippen molar-refractivity contribution >= 4 is 45.8 Å². The molecular formula is C9H6ClIN2O2. The number of pyridine rings is 1. The van der Waals surface area contributed by atoms with E-state index in [-0.39, 0.29) is 5.69 Å². The standard InChI is InChI=1S/C9H6ClIN2O2/c1-4-7(9(14)15)13-3-5(10)2-6(11)8(13)12-4/h2-3H,1H3,(H,14,15). The fourth-order valence-electron chi connectivity index (χ4n) is 1.44. The van der Waals surface area contributed by atoms with E-state index in [9.17, 15) is 4.79 Å². The highest BCUT2D eigenvalue weighted by atomic mass is 127. The highest BCUT2D eigenvalue weighted by Crippen LogP contribution is 2.21. The molecule has 0 atom stereocenters. The van der Waals surface area contributed by atoms with Crippen molar-refractivity contribution in [2.45, 2.75) is 6.92 Å².